The lowest BCUT2D eigenvalue weighted by atomic mass is 10.0. The molecule has 0 radical (unpaired) electrons. The van der Waals surface area contributed by atoms with Gasteiger partial charge in [-0.1, -0.05) is 33.6 Å². The van der Waals surface area contributed by atoms with Crippen LogP contribution in [-0.4, -0.2) is 14.2 Å². The van der Waals surface area contributed by atoms with Gasteiger partial charge in [0.15, 0.2) is 11.5 Å². The van der Waals surface area contributed by atoms with Gasteiger partial charge in [0.05, 0.1) is 19.6 Å². The number of benzene rings is 2. The van der Waals surface area contributed by atoms with Gasteiger partial charge in [-0.3, -0.25) is 0 Å². The number of hydrogen-bond donors (Lipinski definition) is 0. The Bertz CT molecular complexity index is 617. The Labute approximate surface area is 136 Å². The van der Waals surface area contributed by atoms with Crippen LogP contribution >= 0.6 is 39.1 Å². The Hall–Kier alpha value is -0.900. The van der Waals surface area contributed by atoms with E-state index in [9.17, 15) is 0 Å². The molecule has 106 valence electrons. The molecular formula is C15H13BrCl2O2. The first-order chi connectivity index (χ1) is 9.56. The quantitative estimate of drug-likeness (QED) is 0.661. The fourth-order valence-electron chi connectivity index (χ4n) is 1.90. The Balaban J connectivity index is 2.42. The van der Waals surface area contributed by atoms with E-state index in [2.05, 4.69) is 15.9 Å². The second-order valence-electron chi connectivity index (χ2n) is 4.14. The number of halogens is 3. The predicted molar refractivity (Wildman–Crippen MR) is 86.4 cm³/mol. The molecule has 2 aromatic rings. The molecule has 2 aromatic carbocycles. The van der Waals surface area contributed by atoms with Gasteiger partial charge in [-0.05, 0) is 41.5 Å². The van der Waals surface area contributed by atoms with E-state index in [-0.39, 0.29) is 5.38 Å². The van der Waals surface area contributed by atoms with Crippen LogP contribution in [0.2, 0.25) is 5.02 Å². The summed E-state index contributed by atoms with van der Waals surface area (Å²) in [5.41, 5.74) is 1.82. The first-order valence-electron chi connectivity index (χ1n) is 5.87. The minimum absolute atomic E-state index is 0.331. The molecule has 0 bridgehead atoms. The summed E-state index contributed by atoms with van der Waals surface area (Å²) in [5, 5.41) is 0.317. The summed E-state index contributed by atoms with van der Waals surface area (Å²) >= 11 is 16.1. The Morgan fingerprint density at radius 2 is 1.70 bits per heavy atom. The van der Waals surface area contributed by atoms with Crippen molar-refractivity contribution in [2.45, 2.75) is 5.38 Å². The largest absolute Gasteiger partial charge is 0.493 e. The summed E-state index contributed by atoms with van der Waals surface area (Å²) in [6.45, 7) is 0. The van der Waals surface area contributed by atoms with Crippen LogP contribution in [0, 0.1) is 0 Å². The molecule has 0 aliphatic heterocycles. The lowest BCUT2D eigenvalue weighted by molar-refractivity contribution is 0.354. The van der Waals surface area contributed by atoms with Gasteiger partial charge in [0.2, 0.25) is 0 Å². The number of alkyl halides is 1. The molecule has 0 spiro atoms. The van der Waals surface area contributed by atoms with Gasteiger partial charge in [-0.25, -0.2) is 0 Å². The molecule has 0 amide bonds. The highest BCUT2D eigenvalue weighted by Crippen LogP contribution is 2.38. The number of methoxy groups -OCH3 is 2. The van der Waals surface area contributed by atoms with Crippen LogP contribution in [0.3, 0.4) is 0 Å². The van der Waals surface area contributed by atoms with Crippen LogP contribution in [0.25, 0.3) is 0 Å². The van der Waals surface area contributed by atoms with Crippen LogP contribution in [0.5, 0.6) is 11.5 Å². The second-order valence-corrected chi connectivity index (χ2v) is 5.87. The Kier molecular flexibility index (Phi) is 5.19. The maximum atomic E-state index is 6.55. The van der Waals surface area contributed by atoms with Gasteiger partial charge < -0.3 is 9.47 Å². The molecule has 2 nitrogen and oxygen atoms in total. The minimum atomic E-state index is -0.331. The van der Waals surface area contributed by atoms with Crippen molar-refractivity contribution in [2.24, 2.45) is 0 Å². The maximum Gasteiger partial charge on any atom is 0.161 e. The zero-order valence-electron chi connectivity index (χ0n) is 11.0. The third-order valence-electron chi connectivity index (χ3n) is 2.93. The average molecular weight is 376 g/mol. The summed E-state index contributed by atoms with van der Waals surface area (Å²) in [5.74, 6) is 1.32. The zero-order chi connectivity index (χ0) is 14.7. The molecule has 5 heteroatoms. The van der Waals surface area contributed by atoms with Crippen molar-refractivity contribution in [3.05, 3.63) is 57.0 Å². The van der Waals surface area contributed by atoms with E-state index in [0.29, 0.717) is 16.5 Å². The van der Waals surface area contributed by atoms with Gasteiger partial charge in [-0.2, -0.15) is 0 Å². The molecule has 2 rings (SSSR count). The second kappa shape index (κ2) is 6.70. The number of ether oxygens (including phenoxy) is 2. The Morgan fingerprint density at radius 1 is 1.00 bits per heavy atom. The third-order valence-corrected chi connectivity index (χ3v) is 4.38. The van der Waals surface area contributed by atoms with Gasteiger partial charge in [0.1, 0.15) is 0 Å². The molecule has 20 heavy (non-hydrogen) atoms. The molecule has 0 heterocycles. The normalized spacial score (nSPS) is 12.1. The van der Waals surface area contributed by atoms with Crippen LogP contribution < -0.4 is 9.47 Å². The van der Waals surface area contributed by atoms with Crippen LogP contribution in [0.4, 0.5) is 0 Å². The van der Waals surface area contributed by atoms with E-state index in [0.717, 1.165) is 15.6 Å². The maximum absolute atomic E-state index is 6.55. The smallest absolute Gasteiger partial charge is 0.161 e. The molecule has 1 atom stereocenters. The lowest BCUT2D eigenvalue weighted by Gasteiger charge is -2.15. The summed E-state index contributed by atoms with van der Waals surface area (Å²) < 4.78 is 11.4. The van der Waals surface area contributed by atoms with Crippen molar-refractivity contribution in [3.63, 3.8) is 0 Å². The highest BCUT2D eigenvalue weighted by Gasteiger charge is 2.16. The standard InChI is InChI=1S/C15H13BrCl2O2/c1-19-13-6-3-9(7-14(13)20-2)15(18)11-8-10(17)4-5-12(11)16/h3-8,15H,1-2H3. The van der Waals surface area contributed by atoms with Gasteiger partial charge >= 0.3 is 0 Å². The topological polar surface area (TPSA) is 18.5 Å². The van der Waals surface area contributed by atoms with Crippen LogP contribution in [-0.2, 0) is 0 Å². The van der Waals surface area contributed by atoms with Gasteiger partial charge in [0, 0.05) is 9.50 Å². The highest BCUT2D eigenvalue weighted by molar-refractivity contribution is 9.10. The summed E-state index contributed by atoms with van der Waals surface area (Å²) in [4.78, 5) is 0. The van der Waals surface area contributed by atoms with Crippen LogP contribution in [0.1, 0.15) is 16.5 Å². The SMILES string of the molecule is COc1ccc(C(Cl)c2cc(Cl)ccc2Br)cc1OC. The summed E-state index contributed by atoms with van der Waals surface area (Å²) in [6.07, 6.45) is 0. The van der Waals surface area contributed by atoms with E-state index in [4.69, 9.17) is 32.7 Å². The molecule has 0 saturated carbocycles. The van der Waals surface area contributed by atoms with E-state index in [1.54, 1.807) is 14.2 Å². The molecule has 0 aliphatic rings. The van der Waals surface area contributed by atoms with E-state index < -0.39 is 0 Å². The molecular weight excluding hydrogens is 363 g/mol. The molecule has 0 aromatic heterocycles. The first-order valence-corrected chi connectivity index (χ1v) is 7.48. The third kappa shape index (κ3) is 3.22. The van der Waals surface area contributed by atoms with Crippen molar-refractivity contribution in [2.75, 3.05) is 14.2 Å². The fraction of sp³-hybridized carbons (Fsp3) is 0.200. The molecule has 0 fully saturated rings. The van der Waals surface area contributed by atoms with Crippen molar-refractivity contribution in [1.82, 2.24) is 0 Å². The molecule has 0 N–H and O–H groups in total. The zero-order valence-corrected chi connectivity index (χ0v) is 14.1. The van der Waals surface area contributed by atoms with E-state index in [1.165, 1.54) is 0 Å². The Morgan fingerprint density at radius 3 is 2.35 bits per heavy atom. The molecule has 1 unspecified atom stereocenters. The fourth-order valence-corrected chi connectivity index (χ4v) is 3.00. The van der Waals surface area contributed by atoms with Crippen molar-refractivity contribution >= 4 is 39.1 Å². The first kappa shape index (κ1) is 15.5. The van der Waals surface area contributed by atoms with Crippen molar-refractivity contribution < 1.29 is 9.47 Å². The summed E-state index contributed by atoms with van der Waals surface area (Å²) in [7, 11) is 3.20. The number of hydrogen-bond acceptors (Lipinski definition) is 2. The van der Waals surface area contributed by atoms with E-state index >= 15 is 0 Å². The van der Waals surface area contributed by atoms with Gasteiger partial charge in [0.25, 0.3) is 0 Å². The summed E-state index contributed by atoms with van der Waals surface area (Å²) in [6, 6.07) is 11.2. The van der Waals surface area contributed by atoms with Crippen LogP contribution in [0.15, 0.2) is 40.9 Å². The lowest BCUT2D eigenvalue weighted by Crippen LogP contribution is -1.97. The van der Waals surface area contributed by atoms with Crippen molar-refractivity contribution in [3.8, 4) is 11.5 Å². The average Bonchev–Trinajstić information content (AvgIpc) is 2.48. The van der Waals surface area contributed by atoms with Gasteiger partial charge in [-0.15, -0.1) is 11.6 Å². The molecule has 0 saturated heterocycles. The van der Waals surface area contributed by atoms with E-state index in [1.807, 2.05) is 36.4 Å². The predicted octanol–water partition coefficient (Wildman–Crippen LogP) is 5.45. The minimum Gasteiger partial charge on any atom is -0.493 e. The number of rotatable bonds is 4. The highest BCUT2D eigenvalue weighted by atomic mass is 79.9. The monoisotopic (exact) mass is 374 g/mol. The van der Waals surface area contributed by atoms with Crippen molar-refractivity contribution in [1.29, 1.82) is 0 Å². The molecule has 0 aliphatic carbocycles.